The normalized spacial score (nSPS) is 19.8. The quantitative estimate of drug-likeness (QED) is 0.862. The fraction of sp³-hybridized carbons (Fsp3) is 0.462. The molecule has 18 heavy (non-hydrogen) atoms. The summed E-state index contributed by atoms with van der Waals surface area (Å²) in [5.74, 6) is 1.39. The topological polar surface area (TPSA) is 24.4 Å². The number of hydrogen-bond acceptors (Lipinski definition) is 3. The summed E-state index contributed by atoms with van der Waals surface area (Å²) in [5.41, 5.74) is 0.860. The van der Waals surface area contributed by atoms with Crippen LogP contribution in [0.25, 0.3) is 0 Å². The molecular weight excluding hydrogens is 315 g/mol. The molecule has 2 rings (SSSR count). The number of aliphatic imine (C=N–C) groups is 1. The predicted octanol–water partition coefficient (Wildman–Crippen LogP) is 4.52. The summed E-state index contributed by atoms with van der Waals surface area (Å²) < 4.78 is 13.6. The Bertz CT molecular complexity index is 462. The molecule has 1 atom stereocenters. The van der Waals surface area contributed by atoms with E-state index in [1.165, 1.54) is 6.07 Å². The number of nitrogens with zero attached hydrogens (tertiary/aromatic N) is 1. The molecule has 0 spiro atoms. The van der Waals surface area contributed by atoms with Gasteiger partial charge in [0.15, 0.2) is 5.17 Å². The van der Waals surface area contributed by atoms with E-state index in [2.05, 4.69) is 40.1 Å². The largest absolute Gasteiger partial charge is 0.335 e. The average Bonchev–Trinajstić information content (AvgIpc) is 2.34. The molecule has 1 N–H and O–H groups in total. The highest BCUT2D eigenvalue weighted by Crippen LogP contribution is 2.25. The van der Waals surface area contributed by atoms with E-state index >= 15 is 0 Å². The minimum atomic E-state index is -0.251. The molecule has 0 saturated heterocycles. The van der Waals surface area contributed by atoms with Crippen LogP contribution in [-0.4, -0.2) is 17.0 Å². The van der Waals surface area contributed by atoms with Gasteiger partial charge in [0.25, 0.3) is 0 Å². The van der Waals surface area contributed by atoms with Crippen molar-refractivity contribution in [1.29, 1.82) is 0 Å². The summed E-state index contributed by atoms with van der Waals surface area (Å²) in [5, 5.41) is 4.18. The van der Waals surface area contributed by atoms with Crippen LogP contribution in [0.5, 0.6) is 0 Å². The monoisotopic (exact) mass is 330 g/mol. The summed E-state index contributed by atoms with van der Waals surface area (Å²) in [7, 11) is 0. The molecule has 0 amide bonds. The van der Waals surface area contributed by atoms with Crippen LogP contribution in [0.2, 0.25) is 0 Å². The molecule has 1 aromatic carbocycles. The highest BCUT2D eigenvalue weighted by atomic mass is 79.9. The number of benzene rings is 1. The number of nitrogens with one attached hydrogen (secondary N) is 1. The van der Waals surface area contributed by atoms with Crippen molar-refractivity contribution >= 4 is 38.5 Å². The van der Waals surface area contributed by atoms with Crippen molar-refractivity contribution < 1.29 is 4.39 Å². The summed E-state index contributed by atoms with van der Waals surface area (Å²) in [6.07, 6.45) is 1.13. The number of hydrogen-bond donors (Lipinski definition) is 1. The van der Waals surface area contributed by atoms with Crippen LogP contribution in [0.3, 0.4) is 0 Å². The Morgan fingerprint density at radius 2 is 2.28 bits per heavy atom. The Balaban J connectivity index is 2.10. The van der Waals surface area contributed by atoms with Crippen molar-refractivity contribution in [2.75, 3.05) is 11.1 Å². The van der Waals surface area contributed by atoms with Gasteiger partial charge in [-0.1, -0.05) is 25.6 Å². The molecular formula is C13H16BrFN2S. The van der Waals surface area contributed by atoms with E-state index in [0.29, 0.717) is 16.4 Å². The first-order valence-electron chi connectivity index (χ1n) is 5.99. The fourth-order valence-electron chi connectivity index (χ4n) is 1.78. The van der Waals surface area contributed by atoms with Crippen LogP contribution in [0, 0.1) is 11.7 Å². The van der Waals surface area contributed by atoms with Crippen molar-refractivity contribution in [3.8, 4) is 0 Å². The van der Waals surface area contributed by atoms with E-state index in [-0.39, 0.29) is 5.82 Å². The second-order valence-corrected chi connectivity index (χ2v) is 6.57. The van der Waals surface area contributed by atoms with Gasteiger partial charge in [-0.05, 0) is 46.5 Å². The van der Waals surface area contributed by atoms with Gasteiger partial charge in [-0.15, -0.1) is 0 Å². The predicted molar refractivity (Wildman–Crippen MR) is 80.9 cm³/mol. The standard InChI is InChI=1S/C13H16BrFN2S/c1-8(2)12-5-6-18-13(17-12)16-9-3-4-11(15)10(14)7-9/h3-4,7-8,12H,5-6H2,1-2H3,(H,16,17). The maximum Gasteiger partial charge on any atom is 0.161 e. The zero-order valence-corrected chi connectivity index (χ0v) is 12.8. The molecule has 0 radical (unpaired) electrons. The van der Waals surface area contributed by atoms with E-state index in [1.807, 2.05) is 0 Å². The molecule has 2 nitrogen and oxygen atoms in total. The number of thioether (sulfide) groups is 1. The van der Waals surface area contributed by atoms with E-state index in [1.54, 1.807) is 23.9 Å². The first-order valence-corrected chi connectivity index (χ1v) is 7.77. The molecule has 98 valence electrons. The Kier molecular flexibility index (Phi) is 4.67. The van der Waals surface area contributed by atoms with Gasteiger partial charge in [0, 0.05) is 11.4 Å². The molecule has 0 bridgehead atoms. The lowest BCUT2D eigenvalue weighted by Gasteiger charge is -2.23. The summed E-state index contributed by atoms with van der Waals surface area (Å²) >= 11 is 4.90. The van der Waals surface area contributed by atoms with Crippen molar-refractivity contribution in [3.05, 3.63) is 28.5 Å². The first kappa shape index (κ1) is 13.9. The van der Waals surface area contributed by atoms with E-state index < -0.39 is 0 Å². The first-order chi connectivity index (χ1) is 8.56. The van der Waals surface area contributed by atoms with Gasteiger partial charge in [-0.3, -0.25) is 4.99 Å². The lowest BCUT2D eigenvalue weighted by molar-refractivity contribution is 0.485. The molecule has 1 heterocycles. The van der Waals surface area contributed by atoms with Crippen molar-refractivity contribution in [2.45, 2.75) is 26.3 Å². The van der Waals surface area contributed by atoms with Gasteiger partial charge < -0.3 is 5.32 Å². The third kappa shape index (κ3) is 3.48. The number of halogens is 2. The molecule has 1 aromatic rings. The summed E-state index contributed by atoms with van der Waals surface area (Å²) in [6.45, 7) is 4.38. The van der Waals surface area contributed by atoms with Gasteiger partial charge in [0.2, 0.25) is 0 Å². The van der Waals surface area contributed by atoms with Gasteiger partial charge in [0.05, 0.1) is 10.5 Å². The second-order valence-electron chi connectivity index (χ2n) is 4.64. The SMILES string of the molecule is CC(C)C1CCSC(Nc2ccc(F)c(Br)c2)=N1. The van der Waals surface area contributed by atoms with Crippen LogP contribution in [0.4, 0.5) is 10.1 Å². The number of anilines is 1. The van der Waals surface area contributed by atoms with Crippen LogP contribution in [0.15, 0.2) is 27.7 Å². The molecule has 1 unspecified atom stereocenters. The van der Waals surface area contributed by atoms with Gasteiger partial charge in [0.1, 0.15) is 5.82 Å². The molecule has 1 aliphatic heterocycles. The van der Waals surface area contributed by atoms with Crippen molar-refractivity contribution in [1.82, 2.24) is 0 Å². The van der Waals surface area contributed by atoms with E-state index in [4.69, 9.17) is 0 Å². The van der Waals surface area contributed by atoms with Crippen molar-refractivity contribution in [3.63, 3.8) is 0 Å². The van der Waals surface area contributed by atoms with E-state index in [9.17, 15) is 4.39 Å². The number of amidine groups is 1. The molecule has 0 fully saturated rings. The Morgan fingerprint density at radius 3 is 2.94 bits per heavy atom. The van der Waals surface area contributed by atoms with Crippen LogP contribution >= 0.6 is 27.7 Å². The van der Waals surface area contributed by atoms with E-state index in [0.717, 1.165) is 23.0 Å². The zero-order chi connectivity index (χ0) is 13.1. The summed E-state index contributed by atoms with van der Waals surface area (Å²) in [6, 6.07) is 5.29. The van der Waals surface area contributed by atoms with Gasteiger partial charge in [-0.25, -0.2) is 4.39 Å². The highest BCUT2D eigenvalue weighted by molar-refractivity contribution is 9.10. The molecule has 0 aliphatic carbocycles. The van der Waals surface area contributed by atoms with Crippen molar-refractivity contribution in [2.24, 2.45) is 10.9 Å². The molecule has 0 saturated carbocycles. The lowest BCUT2D eigenvalue weighted by atomic mass is 10.0. The van der Waals surface area contributed by atoms with Gasteiger partial charge >= 0.3 is 0 Å². The second kappa shape index (κ2) is 6.06. The Hall–Kier alpha value is -0.550. The third-order valence-electron chi connectivity index (χ3n) is 2.88. The maximum atomic E-state index is 13.1. The van der Waals surface area contributed by atoms with Crippen LogP contribution in [-0.2, 0) is 0 Å². The fourth-order valence-corrected chi connectivity index (χ4v) is 3.11. The Morgan fingerprint density at radius 1 is 1.50 bits per heavy atom. The average molecular weight is 331 g/mol. The van der Waals surface area contributed by atoms with Crippen LogP contribution in [0.1, 0.15) is 20.3 Å². The third-order valence-corrected chi connectivity index (χ3v) is 4.40. The zero-order valence-electron chi connectivity index (χ0n) is 10.4. The number of rotatable bonds is 2. The molecule has 1 aliphatic rings. The Labute approximate surface area is 120 Å². The minimum Gasteiger partial charge on any atom is -0.335 e. The van der Waals surface area contributed by atoms with Gasteiger partial charge in [-0.2, -0.15) is 0 Å². The lowest BCUT2D eigenvalue weighted by Crippen LogP contribution is -2.23. The summed E-state index contributed by atoms with van der Waals surface area (Å²) in [4.78, 5) is 4.69. The highest BCUT2D eigenvalue weighted by Gasteiger charge is 2.18. The minimum absolute atomic E-state index is 0.251. The van der Waals surface area contributed by atoms with Crippen LogP contribution < -0.4 is 5.32 Å². The smallest absolute Gasteiger partial charge is 0.161 e. The molecule has 5 heteroatoms. The maximum absolute atomic E-state index is 13.1. The molecule has 0 aromatic heterocycles.